The second-order valence-electron chi connectivity index (χ2n) is 0.832. The van der Waals surface area contributed by atoms with Crippen molar-refractivity contribution in [3.8, 4) is 0 Å². The Morgan fingerprint density at radius 2 is 2.14 bits per heavy atom. The maximum atomic E-state index is 10.1. The van der Waals surface area contributed by atoms with Crippen molar-refractivity contribution in [3.05, 3.63) is 0 Å². The molecule has 7 heavy (non-hydrogen) atoms. The number of hydrogen-bond donors (Lipinski definition) is 0. The van der Waals surface area contributed by atoms with Crippen LogP contribution in [0.1, 0.15) is 6.92 Å². The minimum absolute atomic E-state index is 0. The van der Waals surface area contributed by atoms with Crippen molar-refractivity contribution in [1.82, 2.24) is 0 Å². The highest BCUT2D eigenvalue weighted by molar-refractivity contribution is 7.39. The molecule has 0 heterocycles. The molecule has 0 aliphatic carbocycles. The second-order valence-corrected chi connectivity index (χ2v) is 2.49. The summed E-state index contributed by atoms with van der Waals surface area (Å²) in [5.41, 5.74) is 0. The van der Waals surface area contributed by atoms with Crippen LogP contribution in [0, 0.1) is 0 Å². The van der Waals surface area contributed by atoms with Gasteiger partial charge in [0.15, 0.2) is 23.5 Å². The predicted octanol–water partition coefficient (Wildman–Crippen LogP) is 0.211. The molecule has 1 unspecified atom stereocenters. The quantitative estimate of drug-likeness (QED) is 0.401. The van der Waals surface area contributed by atoms with Crippen molar-refractivity contribution >= 4 is 25.4 Å². The smallest absolute Gasteiger partial charge is 0.150 e. The van der Waals surface area contributed by atoms with E-state index < -0.39 is 8.03 Å². The van der Waals surface area contributed by atoms with Crippen LogP contribution in [-0.2, 0) is 9.09 Å². The van der Waals surface area contributed by atoms with Crippen LogP contribution in [-0.4, -0.2) is 30.6 Å². The first kappa shape index (κ1) is 10.6. The van der Waals surface area contributed by atoms with Crippen LogP contribution in [0.25, 0.3) is 0 Å². The molecule has 2 nitrogen and oxygen atoms in total. The summed E-state index contributed by atoms with van der Waals surface area (Å²) in [5.74, 6) is 0. The highest BCUT2D eigenvalue weighted by Crippen LogP contribution is 2.17. The third-order valence-corrected chi connectivity index (χ3v) is 1.39. The number of rotatable bonds is 2. The maximum absolute atomic E-state index is 10.1. The van der Waals surface area contributed by atoms with Crippen molar-refractivity contribution in [3.63, 3.8) is 0 Å². The molecule has 0 amide bonds. The molecule has 0 aliphatic heterocycles. The summed E-state index contributed by atoms with van der Waals surface area (Å²) >= 11 is 0. The normalized spacial score (nSPS) is 9.71. The fourth-order valence-electron chi connectivity index (χ4n) is 0.129. The predicted molar refractivity (Wildman–Crippen MR) is 35.1 cm³/mol. The molecule has 0 spiro atoms. The minimum atomic E-state index is -1.33. The van der Waals surface area contributed by atoms with Gasteiger partial charge in [0.1, 0.15) is 0 Å². The average Bonchev–Trinajstić information content (AvgIpc) is 1.65. The summed E-state index contributed by atoms with van der Waals surface area (Å²) in [6, 6.07) is 0. The van der Waals surface area contributed by atoms with Crippen LogP contribution < -0.4 is 0 Å². The lowest BCUT2D eigenvalue weighted by Crippen LogP contribution is -1.66. The van der Waals surface area contributed by atoms with Gasteiger partial charge < -0.3 is 0 Å². The Morgan fingerprint density at radius 3 is 2.14 bits per heavy atom. The van der Waals surface area contributed by atoms with E-state index in [2.05, 4.69) is 4.52 Å². The molecule has 0 aromatic rings. The lowest BCUT2D eigenvalue weighted by Gasteiger charge is -1.66. The zero-order valence-corrected chi connectivity index (χ0v) is 4.87. The Balaban J connectivity index is 0. The van der Waals surface area contributed by atoms with Gasteiger partial charge in [0.2, 0.25) is 0 Å². The molecular weight excluding hydrogens is 126 g/mol. The topological polar surface area (TPSA) is 26.3 Å². The largest absolute Gasteiger partial charge is 0.507 e. The molecule has 1 atom stereocenters. The zero-order valence-electron chi connectivity index (χ0n) is 3.97. The first-order chi connectivity index (χ1) is 2.81. The monoisotopic (exact) mass is 137 g/mol. The summed E-state index contributed by atoms with van der Waals surface area (Å²) in [6.45, 7) is 1.82. The van der Waals surface area contributed by atoms with Gasteiger partial charge >= 0.3 is 8.03 Å². The Bertz CT molecular complexity index is 50.9. The van der Waals surface area contributed by atoms with Crippen LogP contribution in [0.4, 0.5) is 0 Å². The van der Waals surface area contributed by atoms with Crippen LogP contribution >= 0.6 is 8.03 Å². The van der Waals surface area contributed by atoms with Gasteiger partial charge in [0.05, 0.1) is 7.11 Å². The standard InChI is InChI=1S/C3H8O2P.Al.3H/c1-3-6(4)5-2;;;;/h3H2,1-2H3;;;;/q+1;;;;. The van der Waals surface area contributed by atoms with Gasteiger partial charge in [-0.1, -0.05) is 0 Å². The van der Waals surface area contributed by atoms with Crippen molar-refractivity contribution in [2.24, 2.45) is 0 Å². The Kier molecular flexibility index (Phi) is 9.94. The van der Waals surface area contributed by atoms with E-state index in [0.29, 0.717) is 6.16 Å². The second kappa shape index (κ2) is 6.59. The van der Waals surface area contributed by atoms with E-state index in [9.17, 15) is 4.57 Å². The Hall–Kier alpha value is 0.592. The van der Waals surface area contributed by atoms with Gasteiger partial charge in [-0.25, -0.2) is 0 Å². The van der Waals surface area contributed by atoms with Crippen LogP contribution in [0.5, 0.6) is 0 Å². The fourth-order valence-corrected chi connectivity index (χ4v) is 0.387. The highest BCUT2D eigenvalue weighted by atomic mass is 31.1. The first-order valence-corrected chi connectivity index (χ1v) is 3.16. The molecule has 0 fully saturated rings. The molecule has 0 saturated heterocycles. The van der Waals surface area contributed by atoms with E-state index >= 15 is 0 Å². The molecule has 0 aromatic heterocycles. The first-order valence-electron chi connectivity index (χ1n) is 1.80. The van der Waals surface area contributed by atoms with Crippen molar-refractivity contribution in [2.75, 3.05) is 13.3 Å². The molecule has 42 valence electrons. The van der Waals surface area contributed by atoms with E-state index in [1.54, 1.807) is 0 Å². The molecular formula is C3H11AlO2P+. The van der Waals surface area contributed by atoms with E-state index in [1.807, 2.05) is 6.92 Å². The lowest BCUT2D eigenvalue weighted by molar-refractivity contribution is 0.416. The van der Waals surface area contributed by atoms with Crippen LogP contribution in [0.2, 0.25) is 0 Å². The van der Waals surface area contributed by atoms with Gasteiger partial charge in [-0.2, -0.15) is 0 Å². The molecule has 0 saturated carbocycles. The molecule has 0 rings (SSSR count). The van der Waals surface area contributed by atoms with Crippen molar-refractivity contribution in [2.45, 2.75) is 6.92 Å². The van der Waals surface area contributed by atoms with Gasteiger partial charge in [-0.3, -0.25) is 0 Å². The van der Waals surface area contributed by atoms with E-state index in [0.717, 1.165) is 0 Å². The van der Waals surface area contributed by atoms with Gasteiger partial charge in [-0.15, -0.1) is 4.52 Å². The van der Waals surface area contributed by atoms with E-state index in [-0.39, 0.29) is 17.4 Å². The molecule has 0 N–H and O–H groups in total. The summed E-state index contributed by atoms with van der Waals surface area (Å²) in [7, 11) is 0.120. The van der Waals surface area contributed by atoms with Gasteiger partial charge in [0.25, 0.3) is 0 Å². The molecule has 0 bridgehead atoms. The molecule has 0 aromatic carbocycles. The van der Waals surface area contributed by atoms with Gasteiger partial charge in [0, 0.05) is 0 Å². The number of hydrogen-bond acceptors (Lipinski definition) is 2. The highest BCUT2D eigenvalue weighted by Gasteiger charge is 2.06. The average molecular weight is 137 g/mol. The van der Waals surface area contributed by atoms with Crippen molar-refractivity contribution < 1.29 is 9.09 Å². The molecule has 4 heteroatoms. The van der Waals surface area contributed by atoms with Crippen LogP contribution in [0.15, 0.2) is 0 Å². The Labute approximate surface area is 55.2 Å². The van der Waals surface area contributed by atoms with E-state index in [4.69, 9.17) is 0 Å². The third kappa shape index (κ3) is 6.59. The van der Waals surface area contributed by atoms with Gasteiger partial charge in [-0.05, 0) is 11.5 Å². The zero-order chi connectivity index (χ0) is 4.99. The van der Waals surface area contributed by atoms with Crippen molar-refractivity contribution in [1.29, 1.82) is 0 Å². The fraction of sp³-hybridized carbons (Fsp3) is 1.00. The Morgan fingerprint density at radius 1 is 1.71 bits per heavy atom. The minimum Gasteiger partial charge on any atom is -0.150 e. The maximum Gasteiger partial charge on any atom is 0.507 e. The molecule has 0 aliphatic rings. The summed E-state index contributed by atoms with van der Waals surface area (Å²) in [6.07, 6.45) is 0.617. The summed E-state index contributed by atoms with van der Waals surface area (Å²) < 4.78 is 14.5. The molecule has 0 radical (unpaired) electrons. The van der Waals surface area contributed by atoms with E-state index in [1.165, 1.54) is 7.11 Å². The lowest BCUT2D eigenvalue weighted by atomic mass is 11.0. The summed E-state index contributed by atoms with van der Waals surface area (Å²) in [5, 5.41) is 0. The summed E-state index contributed by atoms with van der Waals surface area (Å²) in [4.78, 5) is 0. The van der Waals surface area contributed by atoms with Crippen LogP contribution in [0.3, 0.4) is 0 Å². The SMILES string of the molecule is CC[P+](=O)OC.[AlH3]. The third-order valence-electron chi connectivity index (χ3n) is 0.462.